The first-order valence-electron chi connectivity index (χ1n) is 8.04. The van der Waals surface area contributed by atoms with Crippen LogP contribution in [0.4, 0.5) is 10.5 Å². The van der Waals surface area contributed by atoms with Crippen LogP contribution >= 0.6 is 0 Å². The largest absolute Gasteiger partial charge is 0.497 e. The first kappa shape index (κ1) is 15.9. The molecule has 1 saturated carbocycles. The van der Waals surface area contributed by atoms with Gasteiger partial charge in [-0.15, -0.1) is 0 Å². The predicted molar refractivity (Wildman–Crippen MR) is 87.2 cm³/mol. The first-order valence-corrected chi connectivity index (χ1v) is 8.04. The van der Waals surface area contributed by atoms with Gasteiger partial charge in [-0.1, -0.05) is 0 Å². The van der Waals surface area contributed by atoms with Gasteiger partial charge in [-0.05, 0) is 43.2 Å². The Labute approximate surface area is 136 Å². The van der Waals surface area contributed by atoms with Crippen molar-refractivity contribution in [3.05, 3.63) is 18.2 Å². The number of carbonyl (C=O) groups excluding carboxylic acids is 1. The molecule has 2 N–H and O–H groups in total. The minimum atomic E-state index is -0.191. The monoisotopic (exact) mass is 320 g/mol. The lowest BCUT2D eigenvalue weighted by molar-refractivity contribution is -0.0507. The fourth-order valence-corrected chi connectivity index (χ4v) is 3.52. The molecule has 2 aliphatic rings. The summed E-state index contributed by atoms with van der Waals surface area (Å²) in [5.74, 6) is 1.27. The summed E-state index contributed by atoms with van der Waals surface area (Å²) in [5.41, 5.74) is 0.866. The summed E-state index contributed by atoms with van der Waals surface area (Å²) in [6.45, 7) is 1.60. The molecule has 126 valence electrons. The van der Waals surface area contributed by atoms with Crippen LogP contribution in [0.5, 0.6) is 11.5 Å². The maximum Gasteiger partial charge on any atom is 0.319 e. The maximum atomic E-state index is 12.3. The number of urea groups is 1. The molecular weight excluding hydrogens is 296 g/mol. The average Bonchev–Trinajstić information content (AvgIpc) is 2.60. The van der Waals surface area contributed by atoms with Crippen LogP contribution in [0, 0.1) is 5.41 Å². The van der Waals surface area contributed by atoms with Crippen LogP contribution in [-0.2, 0) is 4.74 Å². The molecule has 1 saturated heterocycles. The quantitative estimate of drug-likeness (QED) is 0.895. The van der Waals surface area contributed by atoms with Gasteiger partial charge in [0.2, 0.25) is 0 Å². The minimum absolute atomic E-state index is 0.191. The van der Waals surface area contributed by atoms with Crippen LogP contribution in [0.15, 0.2) is 18.2 Å². The second kappa shape index (κ2) is 6.66. The number of methoxy groups -OCH3 is 2. The third kappa shape index (κ3) is 3.22. The van der Waals surface area contributed by atoms with Gasteiger partial charge in [0.25, 0.3) is 0 Å². The van der Waals surface area contributed by atoms with E-state index >= 15 is 0 Å². The second-order valence-corrected chi connectivity index (χ2v) is 6.23. The predicted octanol–water partition coefficient (Wildman–Crippen LogP) is 2.78. The second-order valence-electron chi connectivity index (χ2n) is 6.23. The van der Waals surface area contributed by atoms with Gasteiger partial charge in [0.15, 0.2) is 0 Å². The van der Waals surface area contributed by atoms with Crippen LogP contribution in [0.2, 0.25) is 0 Å². The van der Waals surface area contributed by atoms with Gasteiger partial charge in [0, 0.05) is 25.3 Å². The normalized spacial score (nSPS) is 22.1. The summed E-state index contributed by atoms with van der Waals surface area (Å²) in [7, 11) is 3.17. The third-order valence-corrected chi connectivity index (χ3v) is 5.12. The average molecular weight is 320 g/mol. The molecule has 1 aromatic carbocycles. The summed E-state index contributed by atoms with van der Waals surface area (Å²) >= 11 is 0. The lowest BCUT2D eigenvalue weighted by Crippen LogP contribution is -2.57. The molecule has 23 heavy (non-hydrogen) atoms. The van der Waals surface area contributed by atoms with Crippen molar-refractivity contribution < 1.29 is 19.0 Å². The molecule has 1 unspecified atom stereocenters. The number of amides is 2. The van der Waals surface area contributed by atoms with Crippen molar-refractivity contribution in [1.29, 1.82) is 0 Å². The Bertz CT molecular complexity index is 570. The van der Waals surface area contributed by atoms with Crippen LogP contribution in [-0.4, -0.2) is 39.5 Å². The molecule has 6 nitrogen and oxygen atoms in total. The zero-order valence-electron chi connectivity index (χ0n) is 13.7. The van der Waals surface area contributed by atoms with E-state index in [9.17, 15) is 4.79 Å². The van der Waals surface area contributed by atoms with Gasteiger partial charge in [0.05, 0.1) is 19.9 Å². The Morgan fingerprint density at radius 2 is 2.00 bits per heavy atom. The van der Waals surface area contributed by atoms with Crippen molar-refractivity contribution in [2.45, 2.75) is 31.7 Å². The molecule has 1 aliphatic heterocycles. The molecule has 1 atom stereocenters. The van der Waals surface area contributed by atoms with Crippen LogP contribution in [0.3, 0.4) is 0 Å². The van der Waals surface area contributed by atoms with E-state index < -0.39 is 0 Å². The van der Waals surface area contributed by atoms with Gasteiger partial charge in [-0.2, -0.15) is 0 Å². The van der Waals surface area contributed by atoms with E-state index in [4.69, 9.17) is 14.2 Å². The van der Waals surface area contributed by atoms with Crippen molar-refractivity contribution in [1.82, 2.24) is 5.32 Å². The van der Waals surface area contributed by atoms with E-state index in [-0.39, 0.29) is 17.5 Å². The van der Waals surface area contributed by atoms with Crippen LogP contribution in [0.1, 0.15) is 25.7 Å². The summed E-state index contributed by atoms with van der Waals surface area (Å²) in [5, 5.41) is 5.98. The summed E-state index contributed by atoms with van der Waals surface area (Å²) in [4.78, 5) is 12.3. The van der Waals surface area contributed by atoms with E-state index in [0.29, 0.717) is 17.2 Å². The van der Waals surface area contributed by atoms with Gasteiger partial charge < -0.3 is 24.8 Å². The molecule has 0 radical (unpaired) electrons. The molecule has 0 bridgehead atoms. The highest BCUT2D eigenvalue weighted by molar-refractivity contribution is 5.91. The van der Waals surface area contributed by atoms with Crippen molar-refractivity contribution >= 4 is 11.7 Å². The molecule has 0 aromatic heterocycles. The molecule has 1 heterocycles. The highest BCUT2D eigenvalue weighted by Gasteiger charge is 2.47. The lowest BCUT2D eigenvalue weighted by Gasteiger charge is -2.51. The van der Waals surface area contributed by atoms with E-state index in [2.05, 4.69) is 10.6 Å². The number of ether oxygens (including phenoxy) is 3. The third-order valence-electron chi connectivity index (χ3n) is 5.12. The number of nitrogens with one attached hydrogen (secondary N) is 2. The smallest absolute Gasteiger partial charge is 0.319 e. The van der Waals surface area contributed by atoms with E-state index in [1.165, 1.54) is 6.42 Å². The molecule has 1 aliphatic carbocycles. The molecule has 2 fully saturated rings. The molecule has 3 rings (SSSR count). The van der Waals surface area contributed by atoms with E-state index in [1.807, 2.05) is 0 Å². The Hall–Kier alpha value is -1.95. The number of hydrogen-bond donors (Lipinski definition) is 2. The Balaban J connectivity index is 1.61. The molecule has 6 heteroatoms. The Morgan fingerprint density at radius 3 is 2.61 bits per heavy atom. The molecule has 2 amide bonds. The first-order chi connectivity index (χ1) is 11.2. The van der Waals surface area contributed by atoms with Gasteiger partial charge in [0.1, 0.15) is 11.5 Å². The topological polar surface area (TPSA) is 68.8 Å². The number of hydrogen-bond acceptors (Lipinski definition) is 4. The van der Waals surface area contributed by atoms with E-state index in [1.54, 1.807) is 32.4 Å². The summed E-state index contributed by atoms with van der Waals surface area (Å²) in [6.07, 6.45) is 4.27. The fraction of sp³-hybridized carbons (Fsp3) is 0.588. The Morgan fingerprint density at radius 1 is 1.22 bits per heavy atom. The highest BCUT2D eigenvalue weighted by atomic mass is 16.5. The maximum absolute atomic E-state index is 12.3. The molecule has 1 spiro atoms. The summed E-state index contributed by atoms with van der Waals surface area (Å²) in [6, 6.07) is 5.36. The van der Waals surface area contributed by atoms with Crippen LogP contribution < -0.4 is 20.1 Å². The van der Waals surface area contributed by atoms with Gasteiger partial charge in [-0.25, -0.2) is 4.79 Å². The zero-order chi connectivity index (χ0) is 16.3. The van der Waals surface area contributed by atoms with Crippen molar-refractivity contribution in [2.75, 3.05) is 32.8 Å². The van der Waals surface area contributed by atoms with Crippen LogP contribution in [0.25, 0.3) is 0 Å². The standard InChI is InChI=1S/C17H24N2O4/c1-21-12-3-4-13(14(11-12)22-2)18-16(20)19-15-5-6-17(15)7-9-23-10-8-17/h3-4,11,15H,5-10H2,1-2H3,(H2,18,19,20). The number of rotatable bonds is 4. The van der Waals surface area contributed by atoms with Gasteiger partial charge in [-0.3, -0.25) is 0 Å². The number of benzene rings is 1. The van der Waals surface area contributed by atoms with Gasteiger partial charge >= 0.3 is 6.03 Å². The van der Waals surface area contributed by atoms with Crippen molar-refractivity contribution in [3.8, 4) is 11.5 Å². The number of anilines is 1. The molecular formula is C17H24N2O4. The lowest BCUT2D eigenvalue weighted by atomic mass is 9.60. The summed E-state index contributed by atoms with van der Waals surface area (Å²) < 4.78 is 15.9. The highest BCUT2D eigenvalue weighted by Crippen LogP contribution is 2.48. The van der Waals surface area contributed by atoms with Crippen molar-refractivity contribution in [3.63, 3.8) is 0 Å². The Kier molecular flexibility index (Phi) is 4.61. The minimum Gasteiger partial charge on any atom is -0.497 e. The SMILES string of the molecule is COc1ccc(NC(=O)NC2CCC23CCOCC3)c(OC)c1. The fourth-order valence-electron chi connectivity index (χ4n) is 3.52. The van der Waals surface area contributed by atoms with E-state index in [0.717, 1.165) is 32.5 Å². The zero-order valence-corrected chi connectivity index (χ0v) is 13.7. The van der Waals surface area contributed by atoms with Crippen molar-refractivity contribution in [2.24, 2.45) is 5.41 Å². The molecule has 1 aromatic rings. The number of carbonyl (C=O) groups is 1.